The SMILES string of the molecule is COC(=O)[C@H](Cc1ccc(O)cc1C)NC(=O)OC(C)(C)C. The number of nitrogens with one attached hydrogen (secondary N) is 1. The number of methoxy groups -OCH3 is 1. The summed E-state index contributed by atoms with van der Waals surface area (Å²) in [5, 5.41) is 11.9. The van der Waals surface area contributed by atoms with Crippen molar-refractivity contribution in [2.45, 2.75) is 45.8 Å². The van der Waals surface area contributed by atoms with Crippen LogP contribution in [0.2, 0.25) is 0 Å². The van der Waals surface area contributed by atoms with Gasteiger partial charge in [0.15, 0.2) is 0 Å². The van der Waals surface area contributed by atoms with E-state index >= 15 is 0 Å². The molecule has 122 valence electrons. The minimum atomic E-state index is -0.858. The number of benzene rings is 1. The zero-order valence-corrected chi connectivity index (χ0v) is 13.6. The molecule has 0 bridgehead atoms. The molecule has 1 aromatic rings. The fourth-order valence-corrected chi connectivity index (χ4v) is 1.91. The fraction of sp³-hybridized carbons (Fsp3) is 0.500. The van der Waals surface area contributed by atoms with Gasteiger partial charge in [0.05, 0.1) is 7.11 Å². The van der Waals surface area contributed by atoms with Crippen molar-refractivity contribution in [1.29, 1.82) is 0 Å². The molecule has 1 aromatic carbocycles. The van der Waals surface area contributed by atoms with E-state index < -0.39 is 23.7 Å². The summed E-state index contributed by atoms with van der Waals surface area (Å²) < 4.78 is 9.87. The molecule has 0 heterocycles. The van der Waals surface area contributed by atoms with E-state index in [1.165, 1.54) is 13.2 Å². The third kappa shape index (κ3) is 5.63. The summed E-state index contributed by atoms with van der Waals surface area (Å²) in [4.78, 5) is 23.7. The number of esters is 1. The summed E-state index contributed by atoms with van der Waals surface area (Å²) in [6, 6.07) is 3.97. The standard InChI is InChI=1S/C16H23NO5/c1-10-8-12(18)7-6-11(10)9-13(14(19)21-5)17-15(20)22-16(2,3)4/h6-8,13,18H,9H2,1-5H3,(H,17,20)/t13-/m0/s1. The van der Waals surface area contributed by atoms with Crippen molar-refractivity contribution in [3.8, 4) is 5.75 Å². The first-order valence-electron chi connectivity index (χ1n) is 6.98. The van der Waals surface area contributed by atoms with Crippen molar-refractivity contribution in [2.75, 3.05) is 7.11 Å². The highest BCUT2D eigenvalue weighted by molar-refractivity contribution is 5.81. The van der Waals surface area contributed by atoms with Gasteiger partial charge in [-0.1, -0.05) is 6.07 Å². The first-order valence-corrected chi connectivity index (χ1v) is 6.98. The second kappa shape index (κ2) is 7.15. The quantitative estimate of drug-likeness (QED) is 0.834. The van der Waals surface area contributed by atoms with Crippen LogP contribution in [0, 0.1) is 6.92 Å². The molecule has 0 aliphatic rings. The third-order valence-corrected chi connectivity index (χ3v) is 2.93. The lowest BCUT2D eigenvalue weighted by atomic mass is 10.0. The van der Waals surface area contributed by atoms with Crippen molar-refractivity contribution in [2.24, 2.45) is 0 Å². The number of ether oxygens (including phenoxy) is 2. The fourth-order valence-electron chi connectivity index (χ4n) is 1.91. The summed E-state index contributed by atoms with van der Waals surface area (Å²) in [5.41, 5.74) is 0.989. The normalized spacial score (nSPS) is 12.4. The van der Waals surface area contributed by atoms with Gasteiger partial charge < -0.3 is 19.9 Å². The van der Waals surface area contributed by atoms with E-state index in [0.717, 1.165) is 11.1 Å². The molecule has 2 N–H and O–H groups in total. The van der Waals surface area contributed by atoms with Crippen LogP contribution >= 0.6 is 0 Å². The number of carbonyl (C=O) groups excluding carboxylic acids is 2. The van der Waals surface area contributed by atoms with Crippen LogP contribution in [0.4, 0.5) is 4.79 Å². The molecule has 6 nitrogen and oxygen atoms in total. The molecule has 0 fully saturated rings. The van der Waals surface area contributed by atoms with Gasteiger partial charge in [-0.25, -0.2) is 9.59 Å². The predicted octanol–water partition coefficient (Wildman–Crippen LogP) is 2.31. The number of rotatable bonds is 4. The Kier molecular flexibility index (Phi) is 5.79. The van der Waals surface area contributed by atoms with Gasteiger partial charge in [0.25, 0.3) is 0 Å². The highest BCUT2D eigenvalue weighted by atomic mass is 16.6. The lowest BCUT2D eigenvalue weighted by Crippen LogP contribution is -2.45. The van der Waals surface area contributed by atoms with Crippen LogP contribution in [-0.4, -0.2) is 35.9 Å². The number of aryl methyl sites for hydroxylation is 1. The molecule has 0 saturated carbocycles. The van der Waals surface area contributed by atoms with Gasteiger partial charge >= 0.3 is 12.1 Å². The molecule has 22 heavy (non-hydrogen) atoms. The van der Waals surface area contributed by atoms with Gasteiger partial charge in [-0.15, -0.1) is 0 Å². The zero-order valence-electron chi connectivity index (χ0n) is 13.6. The monoisotopic (exact) mass is 309 g/mol. The molecule has 0 aliphatic heterocycles. The first kappa shape index (κ1) is 17.8. The maximum Gasteiger partial charge on any atom is 0.408 e. The summed E-state index contributed by atoms with van der Waals surface area (Å²) >= 11 is 0. The van der Waals surface area contributed by atoms with E-state index in [2.05, 4.69) is 5.32 Å². The van der Waals surface area contributed by atoms with Crippen LogP contribution in [0.3, 0.4) is 0 Å². The average Bonchev–Trinajstić information content (AvgIpc) is 2.37. The summed E-state index contributed by atoms with van der Waals surface area (Å²) in [7, 11) is 1.26. The number of aromatic hydroxyl groups is 1. The van der Waals surface area contributed by atoms with Crippen LogP contribution in [0.25, 0.3) is 0 Å². The number of amides is 1. The van der Waals surface area contributed by atoms with E-state index in [9.17, 15) is 14.7 Å². The van der Waals surface area contributed by atoms with Crippen LogP contribution in [-0.2, 0) is 20.7 Å². The molecular formula is C16H23NO5. The van der Waals surface area contributed by atoms with E-state index in [1.54, 1.807) is 32.9 Å². The number of alkyl carbamates (subject to hydrolysis) is 1. The van der Waals surface area contributed by atoms with Crippen molar-refractivity contribution >= 4 is 12.1 Å². The van der Waals surface area contributed by atoms with Crippen molar-refractivity contribution in [3.05, 3.63) is 29.3 Å². The number of carbonyl (C=O) groups is 2. The average molecular weight is 309 g/mol. The second-order valence-electron chi connectivity index (χ2n) is 6.04. The second-order valence-corrected chi connectivity index (χ2v) is 6.04. The van der Waals surface area contributed by atoms with E-state index in [4.69, 9.17) is 9.47 Å². The van der Waals surface area contributed by atoms with Crippen LogP contribution < -0.4 is 5.32 Å². The van der Waals surface area contributed by atoms with Gasteiger partial charge in [0.1, 0.15) is 17.4 Å². The van der Waals surface area contributed by atoms with E-state index in [-0.39, 0.29) is 12.2 Å². The van der Waals surface area contributed by atoms with Crippen LogP contribution in [0.15, 0.2) is 18.2 Å². The molecule has 1 atom stereocenters. The van der Waals surface area contributed by atoms with E-state index in [1.807, 2.05) is 6.92 Å². The van der Waals surface area contributed by atoms with Gasteiger partial charge in [-0.3, -0.25) is 0 Å². The minimum Gasteiger partial charge on any atom is -0.508 e. The maximum atomic E-state index is 11.9. The predicted molar refractivity (Wildman–Crippen MR) is 81.7 cm³/mol. The summed E-state index contributed by atoms with van der Waals surface area (Å²) in [5.74, 6) is -0.408. The largest absolute Gasteiger partial charge is 0.508 e. The first-order chi connectivity index (χ1) is 10.1. The lowest BCUT2D eigenvalue weighted by Gasteiger charge is -2.23. The Balaban J connectivity index is 2.85. The Morgan fingerprint density at radius 2 is 1.95 bits per heavy atom. The summed E-state index contributed by atoms with van der Waals surface area (Å²) in [6.07, 6.45) is -0.433. The number of hydrogen-bond donors (Lipinski definition) is 2. The smallest absolute Gasteiger partial charge is 0.408 e. The molecule has 0 aromatic heterocycles. The molecule has 1 amide bonds. The highest BCUT2D eigenvalue weighted by Crippen LogP contribution is 2.17. The maximum absolute atomic E-state index is 11.9. The molecule has 0 unspecified atom stereocenters. The van der Waals surface area contributed by atoms with Crippen LogP contribution in [0.1, 0.15) is 31.9 Å². The van der Waals surface area contributed by atoms with Crippen molar-refractivity contribution in [3.63, 3.8) is 0 Å². The van der Waals surface area contributed by atoms with Gasteiger partial charge in [-0.05, 0) is 51.0 Å². The number of phenols is 1. The Hall–Kier alpha value is -2.24. The van der Waals surface area contributed by atoms with Gasteiger partial charge in [0, 0.05) is 6.42 Å². The highest BCUT2D eigenvalue weighted by Gasteiger charge is 2.25. The third-order valence-electron chi connectivity index (χ3n) is 2.93. The van der Waals surface area contributed by atoms with E-state index in [0.29, 0.717) is 0 Å². The molecule has 1 rings (SSSR count). The Morgan fingerprint density at radius 1 is 1.32 bits per heavy atom. The topological polar surface area (TPSA) is 84.9 Å². The molecule has 0 saturated heterocycles. The van der Waals surface area contributed by atoms with Gasteiger partial charge in [0.2, 0.25) is 0 Å². The molecule has 6 heteroatoms. The summed E-state index contributed by atoms with van der Waals surface area (Å²) in [6.45, 7) is 7.04. The van der Waals surface area contributed by atoms with Crippen LogP contribution in [0.5, 0.6) is 5.75 Å². The molecule has 0 radical (unpaired) electrons. The Labute approximate surface area is 130 Å². The molecule has 0 aliphatic carbocycles. The minimum absolute atomic E-state index is 0.149. The Bertz CT molecular complexity index is 548. The van der Waals surface area contributed by atoms with Crippen molar-refractivity contribution in [1.82, 2.24) is 5.32 Å². The molecular weight excluding hydrogens is 286 g/mol. The van der Waals surface area contributed by atoms with Gasteiger partial charge in [-0.2, -0.15) is 0 Å². The Morgan fingerprint density at radius 3 is 2.45 bits per heavy atom. The number of hydrogen-bond acceptors (Lipinski definition) is 5. The molecule has 0 spiro atoms. The lowest BCUT2D eigenvalue weighted by molar-refractivity contribution is -0.143. The zero-order chi connectivity index (χ0) is 16.9. The number of phenolic OH excluding ortho intramolecular Hbond substituents is 1. The van der Waals surface area contributed by atoms with Crippen molar-refractivity contribution < 1.29 is 24.2 Å².